The van der Waals surface area contributed by atoms with Gasteiger partial charge in [0.15, 0.2) is 0 Å². The minimum atomic E-state index is -3.09. The van der Waals surface area contributed by atoms with Crippen LogP contribution in [0.2, 0.25) is 0 Å². The van der Waals surface area contributed by atoms with E-state index in [1.165, 1.54) is 12.3 Å². The van der Waals surface area contributed by atoms with E-state index in [1.54, 1.807) is 24.3 Å². The number of aromatic nitrogens is 1. The Bertz CT molecular complexity index is 523. The molecule has 0 spiro atoms. The van der Waals surface area contributed by atoms with E-state index < -0.39 is 12.3 Å². The Hall–Kier alpha value is -1.89. The molecular weight excluding hydrogens is 198 g/mol. The van der Waals surface area contributed by atoms with Crippen LogP contribution < -0.4 is 0 Å². The van der Waals surface area contributed by atoms with Gasteiger partial charge in [0.2, 0.25) is 0 Å². The highest BCUT2D eigenvalue weighted by Crippen LogP contribution is 2.35. The number of rotatable bonds is 2. The quantitative estimate of drug-likeness (QED) is 0.805. The number of alkyl halides is 2. The minimum absolute atomic E-state index is 0.111. The van der Waals surface area contributed by atoms with Crippen LogP contribution in [0.15, 0.2) is 30.5 Å². The molecule has 0 unspecified atom stereocenters. The second kappa shape index (κ2) is 3.35. The van der Waals surface area contributed by atoms with E-state index in [0.29, 0.717) is 10.9 Å². The smallest absolute Gasteiger partial charge is 0.288 e. The molecule has 1 N–H and O–H groups in total. The van der Waals surface area contributed by atoms with Crippen LogP contribution in [-0.2, 0) is 5.92 Å². The third-order valence-corrected chi connectivity index (χ3v) is 2.28. The van der Waals surface area contributed by atoms with Gasteiger partial charge in [0, 0.05) is 22.7 Å². The van der Waals surface area contributed by atoms with Crippen molar-refractivity contribution in [1.29, 1.82) is 5.26 Å². The Morgan fingerprint density at radius 3 is 2.80 bits per heavy atom. The van der Waals surface area contributed by atoms with E-state index in [9.17, 15) is 8.78 Å². The van der Waals surface area contributed by atoms with Crippen molar-refractivity contribution in [1.82, 2.24) is 4.98 Å². The van der Waals surface area contributed by atoms with Crippen molar-refractivity contribution >= 4 is 10.9 Å². The summed E-state index contributed by atoms with van der Waals surface area (Å²) >= 11 is 0. The van der Waals surface area contributed by atoms with Gasteiger partial charge in [0.1, 0.15) is 6.42 Å². The maximum absolute atomic E-state index is 13.5. The summed E-state index contributed by atoms with van der Waals surface area (Å²) < 4.78 is 27.0. The van der Waals surface area contributed by atoms with Crippen LogP contribution in [0.3, 0.4) is 0 Å². The third-order valence-electron chi connectivity index (χ3n) is 2.28. The molecule has 0 fully saturated rings. The van der Waals surface area contributed by atoms with Gasteiger partial charge in [-0.2, -0.15) is 5.26 Å². The van der Waals surface area contributed by atoms with Crippen molar-refractivity contribution in [2.24, 2.45) is 0 Å². The van der Waals surface area contributed by atoms with Crippen molar-refractivity contribution in [2.75, 3.05) is 0 Å². The van der Waals surface area contributed by atoms with Crippen molar-refractivity contribution in [3.05, 3.63) is 36.0 Å². The average Bonchev–Trinajstić information content (AvgIpc) is 2.61. The number of fused-ring (bicyclic) bond motifs is 1. The standard InChI is InChI=1S/C11H8F2N2/c12-11(13,5-6-14)9-7-15-10-4-2-1-3-8(9)10/h1-4,7,15H,5H2. The Kier molecular flexibility index (Phi) is 2.16. The molecule has 2 nitrogen and oxygen atoms in total. The minimum Gasteiger partial charge on any atom is -0.361 e. The van der Waals surface area contributed by atoms with Crippen LogP contribution in [0.25, 0.3) is 10.9 Å². The normalized spacial score (nSPS) is 11.5. The lowest BCUT2D eigenvalue weighted by Gasteiger charge is -2.10. The zero-order valence-electron chi connectivity index (χ0n) is 7.80. The fourth-order valence-electron chi connectivity index (χ4n) is 1.57. The molecule has 1 aromatic carbocycles. The Labute approximate surface area is 85.1 Å². The van der Waals surface area contributed by atoms with Gasteiger partial charge in [0.25, 0.3) is 5.92 Å². The zero-order chi connectivity index (χ0) is 10.9. The molecular formula is C11H8F2N2. The second-order valence-corrected chi connectivity index (χ2v) is 3.29. The highest BCUT2D eigenvalue weighted by atomic mass is 19.3. The lowest BCUT2D eigenvalue weighted by Crippen LogP contribution is -2.11. The summed E-state index contributed by atoms with van der Waals surface area (Å²) in [4.78, 5) is 2.76. The first-order valence-electron chi connectivity index (χ1n) is 4.46. The summed E-state index contributed by atoms with van der Waals surface area (Å²) in [7, 11) is 0. The van der Waals surface area contributed by atoms with Gasteiger partial charge in [0.05, 0.1) is 6.07 Å². The largest absolute Gasteiger partial charge is 0.361 e. The van der Waals surface area contributed by atoms with Gasteiger partial charge in [-0.25, -0.2) is 8.78 Å². The Morgan fingerprint density at radius 2 is 2.07 bits per heavy atom. The number of aromatic amines is 1. The monoisotopic (exact) mass is 206 g/mol. The number of halogens is 2. The van der Waals surface area contributed by atoms with E-state index in [2.05, 4.69) is 4.98 Å². The molecule has 15 heavy (non-hydrogen) atoms. The van der Waals surface area contributed by atoms with Crippen molar-refractivity contribution < 1.29 is 8.78 Å². The maximum Gasteiger partial charge on any atom is 0.288 e. The van der Waals surface area contributed by atoms with E-state index in [0.717, 1.165) is 0 Å². The summed E-state index contributed by atoms with van der Waals surface area (Å²) in [5, 5.41) is 8.80. The number of hydrogen-bond donors (Lipinski definition) is 1. The number of nitrogens with zero attached hydrogens (tertiary/aromatic N) is 1. The molecule has 0 aliphatic carbocycles. The molecule has 0 radical (unpaired) electrons. The van der Waals surface area contributed by atoms with E-state index in [4.69, 9.17) is 5.26 Å². The van der Waals surface area contributed by atoms with Crippen LogP contribution in [-0.4, -0.2) is 4.98 Å². The van der Waals surface area contributed by atoms with Crippen LogP contribution in [0.1, 0.15) is 12.0 Å². The molecule has 0 bridgehead atoms. The van der Waals surface area contributed by atoms with Crippen LogP contribution in [0, 0.1) is 11.3 Å². The van der Waals surface area contributed by atoms with Crippen molar-refractivity contribution in [2.45, 2.75) is 12.3 Å². The number of nitrogens with one attached hydrogen (secondary N) is 1. The molecule has 0 saturated carbocycles. The lowest BCUT2D eigenvalue weighted by molar-refractivity contribution is 0.00255. The van der Waals surface area contributed by atoms with Crippen molar-refractivity contribution in [3.8, 4) is 6.07 Å². The average molecular weight is 206 g/mol. The summed E-state index contributed by atoms with van der Waals surface area (Å²) in [5.74, 6) is -3.09. The third kappa shape index (κ3) is 1.57. The molecule has 1 heterocycles. The predicted octanol–water partition coefficient (Wildman–Crippen LogP) is 3.17. The molecule has 0 aliphatic rings. The molecule has 2 rings (SSSR count). The lowest BCUT2D eigenvalue weighted by atomic mass is 10.1. The fraction of sp³-hybridized carbons (Fsp3) is 0.182. The molecule has 1 aromatic heterocycles. The summed E-state index contributed by atoms with van der Waals surface area (Å²) in [5.41, 5.74) is 0.546. The van der Waals surface area contributed by atoms with Crippen LogP contribution >= 0.6 is 0 Å². The number of para-hydroxylation sites is 1. The Morgan fingerprint density at radius 1 is 1.33 bits per heavy atom. The molecule has 4 heteroatoms. The van der Waals surface area contributed by atoms with E-state index in [1.807, 2.05) is 0 Å². The fourth-order valence-corrected chi connectivity index (χ4v) is 1.57. The van der Waals surface area contributed by atoms with Gasteiger partial charge in [-0.1, -0.05) is 18.2 Å². The number of benzene rings is 1. The van der Waals surface area contributed by atoms with Gasteiger partial charge in [-0.3, -0.25) is 0 Å². The first-order valence-corrected chi connectivity index (χ1v) is 4.46. The van der Waals surface area contributed by atoms with Gasteiger partial charge >= 0.3 is 0 Å². The number of nitriles is 1. The zero-order valence-corrected chi connectivity index (χ0v) is 7.80. The Balaban J connectivity index is 2.58. The van der Waals surface area contributed by atoms with Crippen LogP contribution in [0.5, 0.6) is 0 Å². The van der Waals surface area contributed by atoms with Gasteiger partial charge in [-0.15, -0.1) is 0 Å². The summed E-state index contributed by atoms with van der Waals surface area (Å²) in [6.07, 6.45) is 0.469. The molecule has 0 aliphatic heterocycles. The van der Waals surface area contributed by atoms with Crippen molar-refractivity contribution in [3.63, 3.8) is 0 Å². The molecule has 0 atom stereocenters. The first-order chi connectivity index (χ1) is 7.15. The van der Waals surface area contributed by atoms with Gasteiger partial charge in [-0.05, 0) is 6.07 Å². The number of H-pyrrole nitrogens is 1. The highest BCUT2D eigenvalue weighted by molar-refractivity contribution is 5.83. The van der Waals surface area contributed by atoms with Gasteiger partial charge < -0.3 is 4.98 Å². The first kappa shape index (κ1) is 9.66. The second-order valence-electron chi connectivity index (χ2n) is 3.29. The predicted molar refractivity (Wildman–Crippen MR) is 52.4 cm³/mol. The molecule has 76 valence electrons. The van der Waals surface area contributed by atoms with E-state index in [-0.39, 0.29) is 5.56 Å². The summed E-state index contributed by atoms with van der Waals surface area (Å²) in [6.45, 7) is 0. The number of hydrogen-bond acceptors (Lipinski definition) is 1. The van der Waals surface area contributed by atoms with Crippen LogP contribution in [0.4, 0.5) is 8.78 Å². The highest BCUT2D eigenvalue weighted by Gasteiger charge is 2.33. The SMILES string of the molecule is N#CCC(F)(F)c1c[nH]c2ccccc12. The maximum atomic E-state index is 13.5. The molecule has 0 amide bonds. The summed E-state index contributed by atoms with van der Waals surface area (Å²) in [6, 6.07) is 8.30. The molecule has 0 saturated heterocycles. The van der Waals surface area contributed by atoms with E-state index >= 15 is 0 Å². The topological polar surface area (TPSA) is 39.6 Å². The molecule has 2 aromatic rings.